The van der Waals surface area contributed by atoms with Crippen LogP contribution in [0.1, 0.15) is 20.8 Å². The number of aryl methyl sites for hydroxylation is 1. The van der Waals surface area contributed by atoms with Crippen molar-refractivity contribution in [2.24, 2.45) is 7.05 Å². The Morgan fingerprint density at radius 3 is 2.38 bits per heavy atom. The number of anilines is 1. The third-order valence-corrected chi connectivity index (χ3v) is 8.56. The number of aromatic nitrogens is 4. The molecule has 0 N–H and O–H groups in total. The molecular weight excluding hydrogens is 655 g/mol. The van der Waals surface area contributed by atoms with Crippen LogP contribution in [0.15, 0.2) is 70.8 Å². The summed E-state index contributed by atoms with van der Waals surface area (Å²) in [6.07, 6.45) is 3.06. The number of halogens is 4. The lowest BCUT2D eigenvalue weighted by molar-refractivity contribution is 0.0608. The Labute approximate surface area is 264 Å². The minimum atomic E-state index is -4.93. The second kappa shape index (κ2) is 12.1. The summed E-state index contributed by atoms with van der Waals surface area (Å²) in [6.45, 7) is 4.62. The fourth-order valence-electron chi connectivity index (χ4n) is 4.08. The van der Waals surface area contributed by atoms with Crippen LogP contribution in [0, 0.1) is 17.5 Å². The summed E-state index contributed by atoms with van der Waals surface area (Å²) in [6, 6.07) is 6.05. The predicted molar refractivity (Wildman–Crippen MR) is 161 cm³/mol. The molecule has 3 aromatic heterocycles. The molecule has 5 rings (SSSR count). The number of nitrogens with zero attached hydrogens (tertiary/aromatic N) is 5. The molecule has 0 saturated heterocycles. The molecule has 0 aliphatic carbocycles. The Bertz CT molecular complexity index is 2020. The number of hydrogen-bond donors (Lipinski definition) is 0. The summed E-state index contributed by atoms with van der Waals surface area (Å²) >= 11 is 7.43. The Hall–Kier alpha value is -4.47. The van der Waals surface area contributed by atoms with Crippen LogP contribution < -0.4 is 9.04 Å². The van der Waals surface area contributed by atoms with Crippen LogP contribution in [0.2, 0.25) is 5.02 Å². The number of amides is 1. The van der Waals surface area contributed by atoms with Gasteiger partial charge in [-0.2, -0.15) is 5.10 Å². The SMILES string of the molecule is Cn1cc(-c2cc(-c3ccc(F)cc3F)ncc2Oc2cc(F)c(S(=O)(=O)N(C(=O)OC(C)(C)C)c3cscn3)cc2Cl)cn1. The number of rotatable bonds is 7. The summed E-state index contributed by atoms with van der Waals surface area (Å²) in [5.74, 6) is -3.45. The number of carbonyl (C=O) groups is 1. The van der Waals surface area contributed by atoms with Crippen molar-refractivity contribution >= 4 is 44.9 Å². The fourth-order valence-corrected chi connectivity index (χ4v) is 6.28. The average Bonchev–Trinajstić information content (AvgIpc) is 3.62. The Morgan fingerprint density at radius 1 is 1.00 bits per heavy atom. The molecule has 45 heavy (non-hydrogen) atoms. The first-order valence-corrected chi connectivity index (χ1v) is 15.7. The average molecular weight is 678 g/mol. The van der Waals surface area contributed by atoms with E-state index in [4.69, 9.17) is 21.1 Å². The predicted octanol–water partition coefficient (Wildman–Crippen LogP) is 7.60. The fraction of sp³-hybridized carbons (Fsp3) is 0.172. The molecule has 0 aliphatic heterocycles. The number of pyridine rings is 1. The molecule has 16 heteroatoms. The molecule has 0 bridgehead atoms. The van der Waals surface area contributed by atoms with Crippen LogP contribution in [0.4, 0.5) is 23.8 Å². The van der Waals surface area contributed by atoms with E-state index in [-0.39, 0.29) is 37.9 Å². The molecule has 0 aliphatic rings. The number of hydrogen-bond acceptors (Lipinski definition) is 9. The molecule has 1 amide bonds. The molecule has 0 radical (unpaired) electrons. The summed E-state index contributed by atoms with van der Waals surface area (Å²) < 4.78 is 83.9. The second-order valence-corrected chi connectivity index (χ2v) is 13.4. The van der Waals surface area contributed by atoms with Gasteiger partial charge in [0.1, 0.15) is 33.7 Å². The van der Waals surface area contributed by atoms with E-state index in [1.807, 2.05) is 0 Å². The highest BCUT2D eigenvalue weighted by Crippen LogP contribution is 2.40. The van der Waals surface area contributed by atoms with Crippen LogP contribution in [0.25, 0.3) is 22.4 Å². The van der Waals surface area contributed by atoms with Crippen molar-refractivity contribution in [1.82, 2.24) is 19.7 Å². The van der Waals surface area contributed by atoms with E-state index in [9.17, 15) is 22.0 Å². The normalized spacial score (nSPS) is 11.8. The van der Waals surface area contributed by atoms with Gasteiger partial charge in [0, 0.05) is 47.4 Å². The first kappa shape index (κ1) is 31.9. The molecule has 0 spiro atoms. The molecule has 3 heterocycles. The van der Waals surface area contributed by atoms with Crippen molar-refractivity contribution in [1.29, 1.82) is 0 Å². The first-order valence-electron chi connectivity index (χ1n) is 12.9. The summed E-state index contributed by atoms with van der Waals surface area (Å²) in [4.78, 5) is 20.2. The van der Waals surface area contributed by atoms with Gasteiger partial charge in [-0.1, -0.05) is 11.6 Å². The molecule has 2 aromatic carbocycles. The van der Waals surface area contributed by atoms with Crippen molar-refractivity contribution in [3.63, 3.8) is 0 Å². The van der Waals surface area contributed by atoms with Gasteiger partial charge in [-0.3, -0.25) is 9.67 Å². The van der Waals surface area contributed by atoms with Crippen LogP contribution >= 0.6 is 22.9 Å². The van der Waals surface area contributed by atoms with E-state index in [0.29, 0.717) is 11.1 Å². The Morgan fingerprint density at radius 2 is 1.76 bits per heavy atom. The lowest BCUT2D eigenvalue weighted by Crippen LogP contribution is -2.41. The summed E-state index contributed by atoms with van der Waals surface area (Å²) in [7, 11) is -3.26. The molecule has 5 aromatic rings. The van der Waals surface area contributed by atoms with E-state index in [1.165, 1.54) is 60.9 Å². The molecule has 0 unspecified atom stereocenters. The van der Waals surface area contributed by atoms with Crippen molar-refractivity contribution in [3.05, 3.63) is 88.4 Å². The summed E-state index contributed by atoms with van der Waals surface area (Å²) in [5.41, 5.74) is 1.22. The highest BCUT2D eigenvalue weighted by Gasteiger charge is 2.38. The third kappa shape index (κ3) is 6.79. The number of ether oxygens (including phenoxy) is 2. The van der Waals surface area contributed by atoms with Gasteiger partial charge in [-0.25, -0.2) is 31.4 Å². The quantitative estimate of drug-likeness (QED) is 0.173. The zero-order valence-electron chi connectivity index (χ0n) is 24.0. The third-order valence-electron chi connectivity index (χ3n) is 6.00. The highest BCUT2D eigenvalue weighted by molar-refractivity contribution is 7.93. The lowest BCUT2D eigenvalue weighted by atomic mass is 10.0. The maximum Gasteiger partial charge on any atom is 0.430 e. The van der Waals surface area contributed by atoms with E-state index < -0.39 is 44.1 Å². The minimum Gasteiger partial charge on any atom is -0.453 e. The first-order chi connectivity index (χ1) is 21.1. The maximum absolute atomic E-state index is 15.6. The van der Waals surface area contributed by atoms with Crippen LogP contribution in [-0.2, 0) is 21.8 Å². The largest absolute Gasteiger partial charge is 0.453 e. The van der Waals surface area contributed by atoms with Crippen molar-refractivity contribution < 1.29 is 35.9 Å². The van der Waals surface area contributed by atoms with Gasteiger partial charge < -0.3 is 9.47 Å². The van der Waals surface area contributed by atoms with Crippen molar-refractivity contribution in [3.8, 4) is 33.9 Å². The number of thiazole rings is 1. The molecule has 0 fully saturated rings. The smallest absolute Gasteiger partial charge is 0.430 e. The van der Waals surface area contributed by atoms with Crippen LogP contribution in [-0.4, -0.2) is 39.9 Å². The van der Waals surface area contributed by atoms with Gasteiger partial charge in [0.2, 0.25) is 0 Å². The zero-order valence-corrected chi connectivity index (χ0v) is 26.3. The highest BCUT2D eigenvalue weighted by atomic mass is 35.5. The standard InChI is InChI=1S/C29H23ClF3N5O5S2/c1-29(2,3)43-28(39)38(27-14-44-15-35-27)45(40,41)26-9-20(30)24(10-22(26)33)42-25-12-34-23(18-6-5-17(31)7-21(18)32)8-19(25)16-11-36-37(4)13-16/h5-15H,1-4H3. The van der Waals surface area contributed by atoms with E-state index in [1.54, 1.807) is 13.2 Å². The van der Waals surface area contributed by atoms with Gasteiger partial charge in [0.05, 0.1) is 28.6 Å². The van der Waals surface area contributed by atoms with E-state index in [2.05, 4.69) is 15.1 Å². The van der Waals surface area contributed by atoms with Gasteiger partial charge in [0.25, 0.3) is 10.0 Å². The zero-order chi connectivity index (χ0) is 32.7. The molecule has 0 atom stereocenters. The van der Waals surface area contributed by atoms with E-state index in [0.717, 1.165) is 35.6 Å². The lowest BCUT2D eigenvalue weighted by Gasteiger charge is -2.26. The molecule has 234 valence electrons. The van der Waals surface area contributed by atoms with Gasteiger partial charge >= 0.3 is 6.09 Å². The molecule has 0 saturated carbocycles. The second-order valence-electron chi connectivity index (χ2n) is 10.5. The minimum absolute atomic E-state index is 0.0152. The van der Waals surface area contributed by atoms with Gasteiger partial charge in [-0.05, 0) is 45.0 Å². The number of benzene rings is 2. The van der Waals surface area contributed by atoms with Crippen LogP contribution in [0.5, 0.6) is 11.5 Å². The monoisotopic (exact) mass is 677 g/mol. The Balaban J connectivity index is 1.55. The summed E-state index contributed by atoms with van der Waals surface area (Å²) in [5, 5.41) is 5.09. The molecule has 10 nitrogen and oxygen atoms in total. The van der Waals surface area contributed by atoms with Crippen LogP contribution in [0.3, 0.4) is 0 Å². The number of sulfonamides is 1. The number of carbonyl (C=O) groups excluding carboxylic acids is 1. The maximum atomic E-state index is 15.6. The van der Waals surface area contributed by atoms with E-state index >= 15 is 4.39 Å². The molecular formula is C29H23ClF3N5O5S2. The van der Waals surface area contributed by atoms with Gasteiger partial charge in [-0.15, -0.1) is 15.6 Å². The van der Waals surface area contributed by atoms with Crippen molar-refractivity contribution in [2.45, 2.75) is 31.3 Å². The van der Waals surface area contributed by atoms with Crippen molar-refractivity contribution in [2.75, 3.05) is 4.31 Å². The van der Waals surface area contributed by atoms with Gasteiger partial charge in [0.15, 0.2) is 11.6 Å². The topological polar surface area (TPSA) is 117 Å². The Kier molecular flexibility index (Phi) is 8.62.